The fourth-order valence-corrected chi connectivity index (χ4v) is 3.03. The molecular weight excluding hydrogens is 356 g/mol. The van der Waals surface area contributed by atoms with Crippen LogP contribution in [0.2, 0.25) is 0 Å². The van der Waals surface area contributed by atoms with Crippen molar-refractivity contribution in [3.05, 3.63) is 59.7 Å². The fraction of sp³-hybridized carbons (Fsp3) is 0.222. The lowest BCUT2D eigenvalue weighted by molar-refractivity contribution is -0.119. The predicted molar refractivity (Wildman–Crippen MR) is 97.4 cm³/mol. The number of carbonyl (C=O) groups excluding carboxylic acids is 2. The van der Waals surface area contributed by atoms with Crippen LogP contribution in [0.25, 0.3) is 0 Å². The average Bonchev–Trinajstić information content (AvgIpc) is 2.66. The van der Waals surface area contributed by atoms with Crippen molar-refractivity contribution in [2.45, 2.75) is 18.2 Å². The number of para-hydroxylation sites is 1. The number of carbonyl (C=O) groups is 2. The van der Waals surface area contributed by atoms with Crippen molar-refractivity contribution in [2.75, 3.05) is 19.0 Å². The third-order valence-corrected chi connectivity index (χ3v) is 5.07. The number of anilines is 1. The van der Waals surface area contributed by atoms with Crippen molar-refractivity contribution >= 4 is 27.6 Å². The first-order valence-electron chi connectivity index (χ1n) is 7.96. The number of rotatable bonds is 7. The van der Waals surface area contributed by atoms with Gasteiger partial charge in [0.25, 0.3) is 5.91 Å². The lowest BCUT2D eigenvalue weighted by atomic mass is 10.1. The van der Waals surface area contributed by atoms with Crippen molar-refractivity contribution in [3.63, 3.8) is 0 Å². The number of nitrogens with one attached hydrogen (secondary N) is 2. The molecule has 0 spiro atoms. The van der Waals surface area contributed by atoms with E-state index >= 15 is 0 Å². The zero-order chi connectivity index (χ0) is 19.2. The Kier molecular flexibility index (Phi) is 6.48. The molecular formula is C18H20N2O5S. The highest BCUT2D eigenvalue weighted by molar-refractivity contribution is 7.89. The van der Waals surface area contributed by atoms with E-state index in [-0.39, 0.29) is 10.5 Å². The smallest absolute Gasteiger partial charge is 0.338 e. The number of sulfonamides is 1. The highest BCUT2D eigenvalue weighted by atomic mass is 32.2. The Labute approximate surface area is 152 Å². The van der Waals surface area contributed by atoms with Crippen LogP contribution in [0.5, 0.6) is 0 Å². The molecule has 2 rings (SSSR count). The third kappa shape index (κ3) is 4.90. The molecule has 0 atom stereocenters. The molecule has 2 N–H and O–H groups in total. The predicted octanol–water partition coefficient (Wildman–Crippen LogP) is 1.95. The maximum Gasteiger partial charge on any atom is 0.338 e. The summed E-state index contributed by atoms with van der Waals surface area (Å²) in [6.07, 6.45) is 0.753. The van der Waals surface area contributed by atoms with Crippen molar-refractivity contribution in [1.82, 2.24) is 4.72 Å². The molecule has 7 nitrogen and oxygen atoms in total. The van der Waals surface area contributed by atoms with E-state index in [4.69, 9.17) is 4.74 Å². The van der Waals surface area contributed by atoms with E-state index in [1.165, 1.54) is 31.3 Å². The Morgan fingerprint density at radius 1 is 1.08 bits per heavy atom. The largest absolute Gasteiger partial charge is 0.452 e. The normalized spacial score (nSPS) is 11.0. The van der Waals surface area contributed by atoms with Crippen LogP contribution in [0.15, 0.2) is 53.4 Å². The first-order chi connectivity index (χ1) is 12.4. The van der Waals surface area contributed by atoms with Gasteiger partial charge in [0.15, 0.2) is 6.61 Å². The molecule has 0 bridgehead atoms. The van der Waals surface area contributed by atoms with Gasteiger partial charge in [-0.1, -0.05) is 31.2 Å². The van der Waals surface area contributed by atoms with Gasteiger partial charge in [-0.05, 0) is 43.3 Å². The van der Waals surface area contributed by atoms with Crippen LogP contribution in [0.4, 0.5) is 5.69 Å². The number of ether oxygens (including phenoxy) is 1. The molecule has 0 saturated carbocycles. The van der Waals surface area contributed by atoms with Crippen LogP contribution in [-0.4, -0.2) is 33.9 Å². The summed E-state index contributed by atoms with van der Waals surface area (Å²) in [6, 6.07) is 12.7. The van der Waals surface area contributed by atoms with Crippen LogP contribution >= 0.6 is 0 Å². The minimum atomic E-state index is -3.67. The number of aryl methyl sites for hydroxylation is 1. The molecule has 0 unspecified atom stereocenters. The molecule has 0 aliphatic rings. The van der Waals surface area contributed by atoms with E-state index < -0.39 is 28.5 Å². The highest BCUT2D eigenvalue weighted by Crippen LogP contribution is 2.15. The van der Waals surface area contributed by atoms with Crippen molar-refractivity contribution in [2.24, 2.45) is 0 Å². The standard InChI is InChI=1S/C18H20N2O5S/c1-3-13-7-4-5-10-16(13)20-17(21)12-25-18(22)14-8-6-9-15(11-14)26(23,24)19-2/h4-11,19H,3,12H2,1-2H3,(H,20,21). The van der Waals surface area contributed by atoms with Crippen molar-refractivity contribution in [1.29, 1.82) is 0 Å². The van der Waals surface area contributed by atoms with Gasteiger partial charge >= 0.3 is 5.97 Å². The van der Waals surface area contributed by atoms with Gasteiger partial charge in [-0.2, -0.15) is 0 Å². The minimum Gasteiger partial charge on any atom is -0.452 e. The molecule has 0 aliphatic heterocycles. The lowest BCUT2D eigenvalue weighted by Crippen LogP contribution is -2.22. The van der Waals surface area contributed by atoms with Crippen LogP contribution in [-0.2, 0) is 26.0 Å². The summed E-state index contributed by atoms with van der Waals surface area (Å²) in [6.45, 7) is 1.50. The molecule has 0 radical (unpaired) electrons. The second-order valence-corrected chi connectivity index (χ2v) is 7.26. The van der Waals surface area contributed by atoms with Crippen LogP contribution in [0, 0.1) is 0 Å². The quantitative estimate of drug-likeness (QED) is 0.719. The Morgan fingerprint density at radius 2 is 1.81 bits per heavy atom. The number of benzene rings is 2. The molecule has 2 aromatic carbocycles. The van der Waals surface area contributed by atoms with E-state index in [0.29, 0.717) is 5.69 Å². The second kappa shape index (κ2) is 8.59. The zero-order valence-electron chi connectivity index (χ0n) is 14.5. The van der Waals surface area contributed by atoms with E-state index in [1.54, 1.807) is 12.1 Å². The molecule has 0 heterocycles. The Morgan fingerprint density at radius 3 is 2.50 bits per heavy atom. The topological polar surface area (TPSA) is 102 Å². The zero-order valence-corrected chi connectivity index (χ0v) is 15.3. The van der Waals surface area contributed by atoms with E-state index in [1.807, 2.05) is 19.1 Å². The van der Waals surface area contributed by atoms with Gasteiger partial charge in [0.2, 0.25) is 10.0 Å². The number of esters is 1. The number of amides is 1. The molecule has 2 aromatic rings. The van der Waals surface area contributed by atoms with Gasteiger partial charge in [0, 0.05) is 5.69 Å². The Balaban J connectivity index is 2.00. The highest BCUT2D eigenvalue weighted by Gasteiger charge is 2.16. The second-order valence-electron chi connectivity index (χ2n) is 5.37. The summed E-state index contributed by atoms with van der Waals surface area (Å²) in [5, 5.41) is 2.69. The fourth-order valence-electron chi connectivity index (χ4n) is 2.26. The van der Waals surface area contributed by atoms with Crippen LogP contribution in [0.3, 0.4) is 0 Å². The van der Waals surface area contributed by atoms with Crippen LogP contribution in [0.1, 0.15) is 22.8 Å². The van der Waals surface area contributed by atoms with Gasteiger partial charge in [-0.3, -0.25) is 4.79 Å². The van der Waals surface area contributed by atoms with E-state index in [0.717, 1.165) is 12.0 Å². The molecule has 26 heavy (non-hydrogen) atoms. The number of hydrogen-bond donors (Lipinski definition) is 2. The van der Waals surface area contributed by atoms with Crippen molar-refractivity contribution in [3.8, 4) is 0 Å². The van der Waals surface area contributed by atoms with Crippen LogP contribution < -0.4 is 10.0 Å². The Bertz CT molecular complexity index is 909. The molecule has 138 valence electrons. The summed E-state index contributed by atoms with van der Waals surface area (Å²) in [5.41, 5.74) is 1.68. The lowest BCUT2D eigenvalue weighted by Gasteiger charge is -2.10. The van der Waals surface area contributed by atoms with E-state index in [9.17, 15) is 18.0 Å². The van der Waals surface area contributed by atoms with Gasteiger partial charge in [-0.25, -0.2) is 17.9 Å². The summed E-state index contributed by atoms with van der Waals surface area (Å²) in [4.78, 5) is 24.0. The summed E-state index contributed by atoms with van der Waals surface area (Å²) in [7, 11) is -2.39. The summed E-state index contributed by atoms with van der Waals surface area (Å²) >= 11 is 0. The van der Waals surface area contributed by atoms with Crippen molar-refractivity contribution < 1.29 is 22.7 Å². The number of hydrogen-bond acceptors (Lipinski definition) is 5. The Hall–Kier alpha value is -2.71. The first-order valence-corrected chi connectivity index (χ1v) is 9.44. The third-order valence-electron chi connectivity index (χ3n) is 3.66. The van der Waals surface area contributed by atoms with E-state index in [2.05, 4.69) is 10.0 Å². The average molecular weight is 376 g/mol. The molecule has 0 fully saturated rings. The van der Waals surface area contributed by atoms with Gasteiger partial charge in [0.05, 0.1) is 10.5 Å². The minimum absolute atomic E-state index is 0.0445. The molecule has 1 amide bonds. The monoisotopic (exact) mass is 376 g/mol. The SMILES string of the molecule is CCc1ccccc1NC(=O)COC(=O)c1cccc(S(=O)(=O)NC)c1. The van der Waals surface area contributed by atoms with Gasteiger partial charge < -0.3 is 10.1 Å². The summed E-state index contributed by atoms with van der Waals surface area (Å²) in [5.74, 6) is -1.25. The molecule has 8 heteroatoms. The maximum atomic E-state index is 12.1. The summed E-state index contributed by atoms with van der Waals surface area (Å²) < 4.78 is 30.7. The molecule has 0 aromatic heterocycles. The maximum absolute atomic E-state index is 12.1. The van der Waals surface area contributed by atoms with Gasteiger partial charge in [0.1, 0.15) is 0 Å². The molecule has 0 aliphatic carbocycles. The molecule has 0 saturated heterocycles. The first kappa shape index (κ1) is 19.6. The van der Waals surface area contributed by atoms with Gasteiger partial charge in [-0.15, -0.1) is 0 Å².